The third kappa shape index (κ3) is 1.79. The van der Waals surface area contributed by atoms with E-state index in [1.807, 2.05) is 13.8 Å². The maximum absolute atomic E-state index is 5.67. The van der Waals surface area contributed by atoms with Crippen LogP contribution in [0.2, 0.25) is 0 Å². The molecule has 76 valence electrons. The molecule has 2 heteroatoms. The first-order valence-corrected chi connectivity index (χ1v) is 5.10. The van der Waals surface area contributed by atoms with E-state index in [9.17, 15) is 0 Å². The minimum atomic E-state index is 0.738. The number of nitrogens with two attached hydrogens (primary N) is 1. The summed E-state index contributed by atoms with van der Waals surface area (Å²) in [5.41, 5.74) is 10.6. The molecule has 0 radical (unpaired) electrons. The van der Waals surface area contributed by atoms with Gasteiger partial charge in [-0.15, -0.1) is 0 Å². The van der Waals surface area contributed by atoms with Crippen LogP contribution in [0.4, 0.5) is 5.69 Å². The zero-order valence-corrected chi connectivity index (χ0v) is 9.39. The zero-order chi connectivity index (χ0) is 10.7. The van der Waals surface area contributed by atoms with Crippen LogP contribution in [-0.2, 0) is 6.42 Å². The molecule has 14 heavy (non-hydrogen) atoms. The Balaban J connectivity index is 0.000000461. The highest BCUT2D eigenvalue weighted by molar-refractivity contribution is 5.92. The van der Waals surface area contributed by atoms with Crippen molar-refractivity contribution < 1.29 is 0 Å². The highest BCUT2D eigenvalue weighted by atomic mass is 14.9. The lowest BCUT2D eigenvalue weighted by Crippen LogP contribution is -2.10. The van der Waals surface area contributed by atoms with E-state index < -0.39 is 0 Å². The molecule has 0 amide bonds. The Morgan fingerprint density at radius 1 is 1.14 bits per heavy atom. The number of hydrogen-bond donors (Lipinski definition) is 1. The number of hydrogen-bond acceptors (Lipinski definition) is 2. The zero-order valence-electron chi connectivity index (χ0n) is 9.39. The quantitative estimate of drug-likeness (QED) is 0.671. The largest absolute Gasteiger partial charge is 0.387 e. The average Bonchev–Trinajstić information content (AvgIpc) is 2.58. The second-order valence-electron chi connectivity index (χ2n) is 3.31. The van der Waals surface area contributed by atoms with Gasteiger partial charge in [-0.25, -0.2) is 4.99 Å². The van der Waals surface area contributed by atoms with Crippen molar-refractivity contribution in [1.29, 1.82) is 0 Å². The van der Waals surface area contributed by atoms with Crippen LogP contribution in [0.1, 0.15) is 30.5 Å². The van der Waals surface area contributed by atoms with E-state index in [0.717, 1.165) is 17.9 Å². The van der Waals surface area contributed by atoms with Gasteiger partial charge in [0.1, 0.15) is 5.84 Å². The Morgan fingerprint density at radius 2 is 1.71 bits per heavy atom. The van der Waals surface area contributed by atoms with Crippen molar-refractivity contribution in [3.05, 3.63) is 28.8 Å². The third-order valence-corrected chi connectivity index (χ3v) is 2.33. The predicted molar refractivity (Wildman–Crippen MR) is 62.3 cm³/mol. The van der Waals surface area contributed by atoms with Gasteiger partial charge in [0.15, 0.2) is 0 Å². The smallest absolute Gasteiger partial charge is 0.104 e. The highest BCUT2D eigenvalue weighted by Crippen LogP contribution is 2.31. The van der Waals surface area contributed by atoms with Crippen LogP contribution in [0.15, 0.2) is 17.1 Å². The van der Waals surface area contributed by atoms with Crippen molar-refractivity contribution in [2.45, 2.75) is 34.1 Å². The van der Waals surface area contributed by atoms with Gasteiger partial charge in [0.2, 0.25) is 0 Å². The van der Waals surface area contributed by atoms with Crippen LogP contribution in [0.25, 0.3) is 0 Å². The molecule has 2 N–H and O–H groups in total. The molecular weight excluding hydrogens is 172 g/mol. The van der Waals surface area contributed by atoms with Crippen LogP contribution in [0.5, 0.6) is 0 Å². The fourth-order valence-electron chi connectivity index (χ4n) is 1.60. The second kappa shape index (κ2) is 4.27. The summed E-state index contributed by atoms with van der Waals surface area (Å²) in [6, 6.07) is 4.22. The number of fused-ring (bicyclic) bond motifs is 1. The first-order chi connectivity index (χ1) is 6.68. The van der Waals surface area contributed by atoms with Crippen LogP contribution in [0, 0.1) is 13.8 Å². The molecule has 2 rings (SSSR count). The maximum atomic E-state index is 5.67. The minimum Gasteiger partial charge on any atom is -0.387 e. The number of amidine groups is 1. The Kier molecular flexibility index (Phi) is 3.28. The van der Waals surface area contributed by atoms with E-state index >= 15 is 0 Å². The van der Waals surface area contributed by atoms with Gasteiger partial charge >= 0.3 is 0 Å². The molecule has 1 aromatic carbocycles. The monoisotopic (exact) mass is 190 g/mol. The van der Waals surface area contributed by atoms with E-state index in [0.29, 0.717) is 0 Å². The highest BCUT2D eigenvalue weighted by Gasteiger charge is 2.15. The van der Waals surface area contributed by atoms with Gasteiger partial charge in [0.05, 0.1) is 5.69 Å². The Bertz CT molecular complexity index is 365. The number of rotatable bonds is 0. The standard InChI is InChI=1S/C10H12N2.C2H6/c1-6-3-4-7(2)10-8(6)5-9(11)12-10;1-2/h3-4H,5H2,1-2H3,(H2,11,12);1-2H3. The van der Waals surface area contributed by atoms with Crippen LogP contribution >= 0.6 is 0 Å². The van der Waals surface area contributed by atoms with Crippen molar-refractivity contribution in [1.82, 2.24) is 0 Å². The first-order valence-electron chi connectivity index (χ1n) is 5.10. The van der Waals surface area contributed by atoms with Gasteiger partial charge in [-0.3, -0.25) is 0 Å². The maximum Gasteiger partial charge on any atom is 0.104 e. The lowest BCUT2D eigenvalue weighted by atomic mass is 10.0. The normalized spacial score (nSPS) is 12.7. The molecule has 0 aliphatic carbocycles. The molecule has 0 saturated heterocycles. The summed E-state index contributed by atoms with van der Waals surface area (Å²) < 4.78 is 0. The number of nitrogens with zero attached hydrogens (tertiary/aromatic N) is 1. The van der Waals surface area contributed by atoms with Gasteiger partial charge in [0, 0.05) is 6.42 Å². The SMILES string of the molecule is CC.Cc1ccc(C)c2c1CC(N)=N2. The summed E-state index contributed by atoms with van der Waals surface area (Å²) in [5.74, 6) is 0.738. The van der Waals surface area contributed by atoms with E-state index in [1.54, 1.807) is 0 Å². The first kappa shape index (κ1) is 10.8. The molecule has 1 aliphatic rings. The Morgan fingerprint density at radius 3 is 2.29 bits per heavy atom. The second-order valence-corrected chi connectivity index (χ2v) is 3.31. The molecule has 0 spiro atoms. The van der Waals surface area contributed by atoms with Crippen molar-refractivity contribution in [3.8, 4) is 0 Å². The Labute approximate surface area is 85.9 Å². The van der Waals surface area contributed by atoms with Gasteiger partial charge in [-0.1, -0.05) is 26.0 Å². The Hall–Kier alpha value is -1.31. The fraction of sp³-hybridized carbons (Fsp3) is 0.417. The molecule has 1 aliphatic heterocycles. The molecule has 2 nitrogen and oxygen atoms in total. The molecule has 0 bridgehead atoms. The number of aliphatic imine (C=N–C) groups is 1. The predicted octanol–water partition coefficient (Wildman–Crippen LogP) is 2.87. The summed E-state index contributed by atoms with van der Waals surface area (Å²) in [4.78, 5) is 4.31. The third-order valence-electron chi connectivity index (χ3n) is 2.33. The molecule has 0 unspecified atom stereocenters. The lowest BCUT2D eigenvalue weighted by molar-refractivity contribution is 1.27. The van der Waals surface area contributed by atoms with E-state index in [2.05, 4.69) is 31.0 Å². The molecule has 0 fully saturated rings. The minimum absolute atomic E-state index is 0.738. The number of aryl methyl sites for hydroxylation is 2. The number of benzene rings is 1. The van der Waals surface area contributed by atoms with Crippen molar-refractivity contribution >= 4 is 11.5 Å². The van der Waals surface area contributed by atoms with Crippen molar-refractivity contribution in [2.75, 3.05) is 0 Å². The molecule has 0 saturated carbocycles. The topological polar surface area (TPSA) is 38.4 Å². The van der Waals surface area contributed by atoms with Gasteiger partial charge < -0.3 is 5.73 Å². The molecule has 1 heterocycles. The summed E-state index contributed by atoms with van der Waals surface area (Å²) in [6.45, 7) is 8.17. The molecular formula is C12H18N2. The molecule has 0 aromatic heterocycles. The van der Waals surface area contributed by atoms with Gasteiger partial charge in [0.25, 0.3) is 0 Å². The van der Waals surface area contributed by atoms with Crippen LogP contribution in [-0.4, -0.2) is 5.84 Å². The van der Waals surface area contributed by atoms with Crippen LogP contribution in [0.3, 0.4) is 0 Å². The van der Waals surface area contributed by atoms with E-state index in [1.165, 1.54) is 16.7 Å². The van der Waals surface area contributed by atoms with Crippen molar-refractivity contribution in [3.63, 3.8) is 0 Å². The van der Waals surface area contributed by atoms with E-state index in [-0.39, 0.29) is 0 Å². The van der Waals surface area contributed by atoms with Crippen molar-refractivity contribution in [2.24, 2.45) is 10.7 Å². The lowest BCUT2D eigenvalue weighted by Gasteiger charge is -2.03. The molecule has 0 atom stereocenters. The van der Waals surface area contributed by atoms with Crippen LogP contribution < -0.4 is 5.73 Å². The molecule has 1 aromatic rings. The fourth-order valence-corrected chi connectivity index (χ4v) is 1.60. The average molecular weight is 190 g/mol. The van der Waals surface area contributed by atoms with Gasteiger partial charge in [-0.05, 0) is 30.5 Å². The summed E-state index contributed by atoms with van der Waals surface area (Å²) in [5, 5.41) is 0. The summed E-state index contributed by atoms with van der Waals surface area (Å²) in [7, 11) is 0. The summed E-state index contributed by atoms with van der Waals surface area (Å²) in [6.07, 6.45) is 0.822. The summed E-state index contributed by atoms with van der Waals surface area (Å²) >= 11 is 0. The van der Waals surface area contributed by atoms with E-state index in [4.69, 9.17) is 5.73 Å². The van der Waals surface area contributed by atoms with Gasteiger partial charge in [-0.2, -0.15) is 0 Å².